The first-order valence-corrected chi connectivity index (χ1v) is 11.8. The van der Waals surface area contributed by atoms with Gasteiger partial charge in [-0.05, 0) is 83.6 Å². The average molecular weight is 553 g/mol. The Morgan fingerprint density at radius 2 is 1.67 bits per heavy atom. The van der Waals surface area contributed by atoms with Gasteiger partial charge in [-0.15, -0.1) is 0 Å². The van der Waals surface area contributed by atoms with Crippen molar-refractivity contribution in [3.8, 4) is 11.5 Å². The van der Waals surface area contributed by atoms with Crippen LogP contribution in [0, 0.1) is 3.57 Å². The number of fused-ring (bicyclic) bond motifs is 1. The highest BCUT2D eigenvalue weighted by molar-refractivity contribution is 14.1. The highest BCUT2D eigenvalue weighted by Gasteiger charge is 2.21. The Morgan fingerprint density at radius 3 is 2.42 bits per heavy atom. The van der Waals surface area contributed by atoms with Crippen molar-refractivity contribution in [2.45, 2.75) is 26.1 Å². The van der Waals surface area contributed by atoms with Crippen LogP contribution in [-0.2, 0) is 22.6 Å². The Kier molecular flexibility index (Phi) is 7.91. The first-order valence-electron chi connectivity index (χ1n) is 10.7. The summed E-state index contributed by atoms with van der Waals surface area (Å²) in [4.78, 5) is 17.1. The van der Waals surface area contributed by atoms with Crippen LogP contribution >= 0.6 is 22.6 Å². The van der Waals surface area contributed by atoms with E-state index in [9.17, 15) is 4.79 Å². The maximum absolute atomic E-state index is 12.6. The number of benzene rings is 3. The Hall–Kier alpha value is -2.97. The van der Waals surface area contributed by atoms with Crippen molar-refractivity contribution in [2.24, 2.45) is 0 Å². The van der Waals surface area contributed by atoms with E-state index in [1.807, 2.05) is 73.8 Å². The summed E-state index contributed by atoms with van der Waals surface area (Å²) in [5, 5.41) is 1.09. The summed E-state index contributed by atoms with van der Waals surface area (Å²) in [6.45, 7) is 2.72. The number of hydrogen-bond donors (Lipinski definition) is 0. The van der Waals surface area contributed by atoms with Crippen LogP contribution in [0.25, 0.3) is 10.9 Å². The molecule has 1 unspecified atom stereocenters. The minimum atomic E-state index is -0.676. The second-order valence-electron chi connectivity index (χ2n) is 7.49. The number of carbonyl (C=O) groups excluding carboxylic acids is 1. The van der Waals surface area contributed by atoms with Crippen molar-refractivity contribution < 1.29 is 19.0 Å². The molecular weight excluding hydrogens is 529 g/mol. The zero-order valence-corrected chi connectivity index (χ0v) is 20.4. The molecule has 0 saturated heterocycles. The van der Waals surface area contributed by atoms with E-state index in [4.69, 9.17) is 14.2 Å². The van der Waals surface area contributed by atoms with Gasteiger partial charge in [0.25, 0.3) is 0 Å². The van der Waals surface area contributed by atoms with E-state index in [1.54, 1.807) is 12.1 Å². The van der Waals surface area contributed by atoms with Crippen LogP contribution in [0.1, 0.15) is 18.1 Å². The molecule has 0 N–H and O–H groups in total. The highest BCUT2D eigenvalue weighted by atomic mass is 127. The molecular formula is C27H24INO4. The van der Waals surface area contributed by atoms with E-state index in [1.165, 1.54) is 0 Å². The molecule has 0 saturated carbocycles. The zero-order chi connectivity index (χ0) is 23.0. The molecule has 0 aliphatic heterocycles. The Labute approximate surface area is 206 Å². The normalized spacial score (nSPS) is 11.8. The molecule has 0 fully saturated rings. The number of aromatic nitrogens is 1. The quantitative estimate of drug-likeness (QED) is 0.145. The summed E-state index contributed by atoms with van der Waals surface area (Å²) in [5.74, 6) is 0.862. The fraction of sp³-hybridized carbons (Fsp3) is 0.185. The SMILES string of the molecule is CCOC(Cc1ccc(OCc2cnc3ccccc3c2)cc1)C(=O)Oc1ccc(I)cc1. The Balaban J connectivity index is 1.35. The van der Waals surface area contributed by atoms with Crippen molar-refractivity contribution >= 4 is 39.5 Å². The molecule has 4 aromatic rings. The molecule has 1 aromatic heterocycles. The summed E-state index contributed by atoms with van der Waals surface area (Å²) in [6, 6.07) is 25.1. The van der Waals surface area contributed by atoms with Crippen molar-refractivity contribution in [2.75, 3.05) is 6.61 Å². The van der Waals surface area contributed by atoms with Crippen LogP contribution in [0.3, 0.4) is 0 Å². The number of pyridine rings is 1. The molecule has 0 aliphatic carbocycles. The number of esters is 1. The Bertz CT molecular complexity index is 1210. The number of rotatable bonds is 9. The van der Waals surface area contributed by atoms with E-state index in [2.05, 4.69) is 33.6 Å². The first-order chi connectivity index (χ1) is 16.1. The minimum absolute atomic E-state index is 0.401. The number of ether oxygens (including phenoxy) is 3. The lowest BCUT2D eigenvalue weighted by atomic mass is 10.1. The van der Waals surface area contributed by atoms with Gasteiger partial charge in [-0.3, -0.25) is 4.98 Å². The van der Waals surface area contributed by atoms with Crippen molar-refractivity contribution in [3.63, 3.8) is 0 Å². The van der Waals surface area contributed by atoms with Crippen LogP contribution in [-0.4, -0.2) is 23.7 Å². The molecule has 5 nitrogen and oxygen atoms in total. The van der Waals surface area contributed by atoms with E-state index >= 15 is 0 Å². The summed E-state index contributed by atoms with van der Waals surface area (Å²) in [6.07, 6.45) is 1.58. The smallest absolute Gasteiger partial charge is 0.340 e. The summed E-state index contributed by atoms with van der Waals surface area (Å²) in [7, 11) is 0. The minimum Gasteiger partial charge on any atom is -0.489 e. The van der Waals surface area contributed by atoms with E-state index in [0.717, 1.165) is 31.3 Å². The molecule has 4 rings (SSSR count). The van der Waals surface area contributed by atoms with Gasteiger partial charge < -0.3 is 14.2 Å². The van der Waals surface area contributed by atoms with Gasteiger partial charge in [0.2, 0.25) is 0 Å². The standard InChI is InChI=1S/C27H24INO4/c1-2-31-26(27(30)33-24-13-9-22(28)10-14-24)16-19-7-11-23(12-8-19)32-18-20-15-21-5-3-4-6-25(21)29-17-20/h3-15,17,26H,2,16,18H2,1H3. The number of nitrogens with zero attached hydrogens (tertiary/aromatic N) is 1. The predicted molar refractivity (Wildman–Crippen MR) is 136 cm³/mol. The number of hydrogen-bond acceptors (Lipinski definition) is 5. The lowest BCUT2D eigenvalue weighted by molar-refractivity contribution is -0.147. The fourth-order valence-corrected chi connectivity index (χ4v) is 3.75. The monoisotopic (exact) mass is 553 g/mol. The molecule has 0 aliphatic rings. The number of halogens is 1. The Morgan fingerprint density at radius 1 is 0.939 bits per heavy atom. The van der Waals surface area contributed by atoms with Crippen LogP contribution in [0.2, 0.25) is 0 Å². The van der Waals surface area contributed by atoms with Crippen LogP contribution in [0.4, 0.5) is 0 Å². The maximum atomic E-state index is 12.6. The molecule has 0 bridgehead atoms. The average Bonchev–Trinajstić information content (AvgIpc) is 2.84. The third-order valence-corrected chi connectivity index (χ3v) is 5.78. The van der Waals surface area contributed by atoms with Gasteiger partial charge in [0.1, 0.15) is 18.1 Å². The molecule has 168 valence electrons. The highest BCUT2D eigenvalue weighted by Crippen LogP contribution is 2.19. The third kappa shape index (κ3) is 6.52. The van der Waals surface area contributed by atoms with Gasteiger partial charge in [-0.1, -0.05) is 30.3 Å². The van der Waals surface area contributed by atoms with Crippen LogP contribution < -0.4 is 9.47 Å². The van der Waals surface area contributed by atoms with Crippen LogP contribution in [0.5, 0.6) is 11.5 Å². The largest absolute Gasteiger partial charge is 0.489 e. The summed E-state index contributed by atoms with van der Waals surface area (Å²) < 4.78 is 18.2. The van der Waals surface area contributed by atoms with Gasteiger partial charge >= 0.3 is 5.97 Å². The topological polar surface area (TPSA) is 57.7 Å². The molecule has 0 amide bonds. The fourth-order valence-electron chi connectivity index (χ4n) is 3.39. The maximum Gasteiger partial charge on any atom is 0.340 e. The van der Waals surface area contributed by atoms with Gasteiger partial charge in [0, 0.05) is 33.7 Å². The van der Waals surface area contributed by atoms with Crippen LogP contribution in [0.15, 0.2) is 85.1 Å². The van der Waals surface area contributed by atoms with Crippen molar-refractivity contribution in [1.29, 1.82) is 0 Å². The predicted octanol–water partition coefficient (Wildman–Crippen LogP) is 5.97. The van der Waals surface area contributed by atoms with Crippen molar-refractivity contribution in [3.05, 3.63) is 99.8 Å². The molecule has 1 heterocycles. The molecule has 6 heteroatoms. The molecule has 0 radical (unpaired) electrons. The van der Waals surface area contributed by atoms with Crippen molar-refractivity contribution in [1.82, 2.24) is 4.98 Å². The third-order valence-electron chi connectivity index (χ3n) is 5.06. The summed E-state index contributed by atoms with van der Waals surface area (Å²) >= 11 is 2.21. The number of carbonyl (C=O) groups is 1. The van der Waals surface area contributed by atoms with Gasteiger partial charge in [-0.2, -0.15) is 0 Å². The lowest BCUT2D eigenvalue weighted by Crippen LogP contribution is -2.31. The molecule has 1 atom stereocenters. The lowest BCUT2D eigenvalue weighted by Gasteiger charge is -2.16. The van der Waals surface area contributed by atoms with E-state index in [0.29, 0.717) is 25.4 Å². The summed E-state index contributed by atoms with van der Waals surface area (Å²) in [5.41, 5.74) is 2.94. The van der Waals surface area contributed by atoms with E-state index in [-0.39, 0.29) is 0 Å². The van der Waals surface area contributed by atoms with Gasteiger partial charge in [-0.25, -0.2) is 4.79 Å². The number of para-hydroxylation sites is 1. The molecule has 0 spiro atoms. The van der Waals surface area contributed by atoms with E-state index < -0.39 is 12.1 Å². The van der Waals surface area contributed by atoms with Gasteiger partial charge in [0.15, 0.2) is 6.10 Å². The van der Waals surface area contributed by atoms with Gasteiger partial charge in [0.05, 0.1) is 5.52 Å². The zero-order valence-electron chi connectivity index (χ0n) is 18.2. The second-order valence-corrected chi connectivity index (χ2v) is 8.74. The molecule has 3 aromatic carbocycles. The molecule has 33 heavy (non-hydrogen) atoms. The second kappa shape index (κ2) is 11.2. The first kappa shape index (κ1) is 23.2.